The highest BCUT2D eigenvalue weighted by Gasteiger charge is 2.09. The third-order valence-electron chi connectivity index (χ3n) is 1.28. The fraction of sp³-hybridized carbons (Fsp3) is 0.667. The Labute approximate surface area is 97.4 Å². The third-order valence-corrected chi connectivity index (χ3v) is 1.28. The summed E-state index contributed by atoms with van der Waals surface area (Å²) < 4.78 is 8.88. The molecule has 0 aromatic rings. The van der Waals surface area contributed by atoms with E-state index in [-0.39, 0.29) is 5.96 Å². The molecule has 0 aliphatic heterocycles. The first kappa shape index (κ1) is 18.2. The molecule has 0 saturated heterocycles. The summed E-state index contributed by atoms with van der Waals surface area (Å²) in [7, 11) is -4.64. The van der Waals surface area contributed by atoms with Crippen molar-refractivity contribution in [2.24, 2.45) is 22.2 Å². The van der Waals surface area contributed by atoms with Gasteiger partial charge in [0.05, 0.1) is 0 Å². The van der Waals surface area contributed by atoms with Gasteiger partial charge >= 0.3 is 13.8 Å². The van der Waals surface area contributed by atoms with Crippen LogP contribution >= 0.6 is 7.82 Å². The number of phosphoric acid groups is 1. The molecule has 0 aromatic carbocycles. The number of guanidine groups is 1. The molecule has 10 nitrogen and oxygen atoms in total. The van der Waals surface area contributed by atoms with Crippen molar-refractivity contribution >= 4 is 19.8 Å². The Morgan fingerprint density at radius 2 is 1.71 bits per heavy atom. The monoisotopic (exact) mass is 272 g/mol. The molecule has 0 radical (unpaired) electrons. The summed E-state index contributed by atoms with van der Waals surface area (Å²) in [5.74, 6) is -0.987. The normalized spacial score (nSPS) is 12.0. The first-order chi connectivity index (χ1) is 7.54. The van der Waals surface area contributed by atoms with Crippen molar-refractivity contribution in [3.05, 3.63) is 0 Å². The lowest BCUT2D eigenvalue weighted by molar-refractivity contribution is -0.138. The Balaban J connectivity index is 0. The first-order valence-electron chi connectivity index (χ1n) is 4.36. The maximum atomic E-state index is 10.2. The highest BCUT2D eigenvalue weighted by Crippen LogP contribution is 2.25. The molecule has 10 N–H and O–H groups in total. The van der Waals surface area contributed by atoms with Gasteiger partial charge in [-0.25, -0.2) is 4.57 Å². The van der Waals surface area contributed by atoms with Gasteiger partial charge in [-0.1, -0.05) is 0 Å². The number of nitrogens with two attached hydrogens (primary N) is 3. The molecule has 1 atom stereocenters. The van der Waals surface area contributed by atoms with E-state index in [0.717, 1.165) is 0 Å². The van der Waals surface area contributed by atoms with Crippen LogP contribution in [-0.4, -0.2) is 44.3 Å². The molecule has 11 heteroatoms. The molecule has 0 amide bonds. The SMILES string of the molecule is NC(N)=NCCC[C@H](N)C(=O)O.O=P(O)(O)O. The smallest absolute Gasteiger partial charge is 0.466 e. The van der Waals surface area contributed by atoms with E-state index in [4.69, 9.17) is 41.6 Å². The van der Waals surface area contributed by atoms with Gasteiger partial charge < -0.3 is 37.0 Å². The average Bonchev–Trinajstić information content (AvgIpc) is 2.08. The fourth-order valence-electron chi connectivity index (χ4n) is 0.643. The van der Waals surface area contributed by atoms with Crippen LogP contribution in [0.2, 0.25) is 0 Å². The van der Waals surface area contributed by atoms with Crippen LogP contribution in [0.1, 0.15) is 12.8 Å². The zero-order valence-electron chi connectivity index (χ0n) is 8.93. The van der Waals surface area contributed by atoms with Gasteiger partial charge in [0.1, 0.15) is 6.04 Å². The van der Waals surface area contributed by atoms with Crippen molar-refractivity contribution in [3.8, 4) is 0 Å². The zero-order chi connectivity index (χ0) is 14.1. The average molecular weight is 272 g/mol. The number of hydrogen-bond acceptors (Lipinski definition) is 4. The Bertz CT molecular complexity index is 291. The molecule has 0 unspecified atom stereocenters. The minimum Gasteiger partial charge on any atom is -0.480 e. The lowest BCUT2D eigenvalue weighted by Gasteiger charge is -2.03. The number of aliphatic carboxylic acids is 1. The van der Waals surface area contributed by atoms with E-state index in [9.17, 15) is 4.79 Å². The van der Waals surface area contributed by atoms with Gasteiger partial charge in [-0.15, -0.1) is 0 Å². The quantitative estimate of drug-likeness (QED) is 0.122. The van der Waals surface area contributed by atoms with E-state index in [1.807, 2.05) is 0 Å². The summed E-state index contributed by atoms with van der Waals surface area (Å²) in [5, 5.41) is 8.38. The molecule has 0 saturated carbocycles. The standard InChI is InChI=1S/C6H14N4O2.H3O4P/c7-4(5(11)12)2-1-3-10-6(8)9;1-5(2,3)4/h4H,1-3,7H2,(H,11,12)(H4,8,9,10);(H3,1,2,3,4)/t4-;/m0./s1. The lowest BCUT2D eigenvalue weighted by atomic mass is 10.2. The van der Waals surface area contributed by atoms with E-state index in [2.05, 4.69) is 4.99 Å². The summed E-state index contributed by atoms with van der Waals surface area (Å²) in [6.45, 7) is 0.420. The van der Waals surface area contributed by atoms with Gasteiger partial charge in [-0.05, 0) is 12.8 Å². The van der Waals surface area contributed by atoms with E-state index < -0.39 is 19.8 Å². The Kier molecular flexibility index (Phi) is 9.52. The molecular weight excluding hydrogens is 255 g/mol. The number of rotatable bonds is 5. The summed E-state index contributed by atoms with van der Waals surface area (Å²) in [4.78, 5) is 35.5. The maximum absolute atomic E-state index is 10.2. The van der Waals surface area contributed by atoms with Crippen LogP contribution < -0.4 is 17.2 Å². The summed E-state index contributed by atoms with van der Waals surface area (Å²) in [5.41, 5.74) is 15.3. The van der Waals surface area contributed by atoms with Crippen molar-refractivity contribution in [1.82, 2.24) is 0 Å². The van der Waals surface area contributed by atoms with Crippen molar-refractivity contribution in [2.45, 2.75) is 18.9 Å². The van der Waals surface area contributed by atoms with Crippen LogP contribution in [0.4, 0.5) is 0 Å². The van der Waals surface area contributed by atoms with Crippen molar-refractivity contribution in [1.29, 1.82) is 0 Å². The van der Waals surface area contributed by atoms with E-state index in [1.165, 1.54) is 0 Å². The largest absolute Gasteiger partial charge is 0.480 e. The summed E-state index contributed by atoms with van der Waals surface area (Å²) in [6, 6.07) is -0.820. The molecule has 0 rings (SSSR count). The van der Waals surface area contributed by atoms with Crippen LogP contribution in [0, 0.1) is 0 Å². The van der Waals surface area contributed by atoms with Gasteiger partial charge in [0, 0.05) is 6.54 Å². The molecule has 0 aliphatic carbocycles. The second-order valence-electron chi connectivity index (χ2n) is 2.91. The van der Waals surface area contributed by atoms with Crippen LogP contribution in [0.3, 0.4) is 0 Å². The predicted octanol–water partition coefficient (Wildman–Crippen LogP) is -2.48. The number of aliphatic imine (C=N–C) groups is 1. The Hall–Kier alpha value is -1.19. The van der Waals surface area contributed by atoms with Crippen molar-refractivity contribution in [2.75, 3.05) is 6.54 Å². The van der Waals surface area contributed by atoms with Crippen molar-refractivity contribution in [3.63, 3.8) is 0 Å². The Morgan fingerprint density at radius 3 is 2.00 bits per heavy atom. The summed E-state index contributed by atoms with van der Waals surface area (Å²) in [6.07, 6.45) is 0.956. The minimum absolute atomic E-state index is 0.0129. The number of carboxylic acids is 1. The summed E-state index contributed by atoms with van der Waals surface area (Å²) >= 11 is 0. The van der Waals surface area contributed by atoms with Gasteiger partial charge in [0.2, 0.25) is 0 Å². The number of carboxylic acid groups (broad SMARTS) is 1. The molecule has 0 aromatic heterocycles. The van der Waals surface area contributed by atoms with Gasteiger partial charge in [-0.2, -0.15) is 0 Å². The molecule has 0 aliphatic rings. The van der Waals surface area contributed by atoms with Crippen LogP contribution in [0.15, 0.2) is 4.99 Å². The Morgan fingerprint density at radius 1 is 1.29 bits per heavy atom. The molecule has 0 heterocycles. The van der Waals surface area contributed by atoms with Gasteiger partial charge in [0.25, 0.3) is 0 Å². The highest BCUT2D eigenvalue weighted by atomic mass is 31.2. The lowest BCUT2D eigenvalue weighted by Crippen LogP contribution is -2.30. The first-order valence-corrected chi connectivity index (χ1v) is 5.92. The predicted molar refractivity (Wildman–Crippen MR) is 59.8 cm³/mol. The number of nitrogens with zero attached hydrogens (tertiary/aromatic N) is 1. The maximum Gasteiger partial charge on any atom is 0.466 e. The van der Waals surface area contributed by atoms with E-state index in [1.54, 1.807) is 0 Å². The third kappa shape index (κ3) is 25.3. The van der Waals surface area contributed by atoms with Crippen LogP contribution in [0.5, 0.6) is 0 Å². The van der Waals surface area contributed by atoms with Crippen LogP contribution in [0.25, 0.3) is 0 Å². The van der Waals surface area contributed by atoms with Gasteiger partial charge in [-0.3, -0.25) is 9.79 Å². The molecular formula is C6H17N4O6P. The fourth-order valence-corrected chi connectivity index (χ4v) is 0.643. The van der Waals surface area contributed by atoms with E-state index in [0.29, 0.717) is 19.4 Å². The molecule has 0 spiro atoms. The van der Waals surface area contributed by atoms with Crippen molar-refractivity contribution < 1.29 is 29.1 Å². The van der Waals surface area contributed by atoms with Gasteiger partial charge in [0.15, 0.2) is 5.96 Å². The molecule has 17 heavy (non-hydrogen) atoms. The van der Waals surface area contributed by atoms with Crippen LogP contribution in [-0.2, 0) is 9.36 Å². The number of hydrogen-bond donors (Lipinski definition) is 7. The minimum atomic E-state index is -4.64. The zero-order valence-corrected chi connectivity index (χ0v) is 9.82. The molecule has 0 bridgehead atoms. The second-order valence-corrected chi connectivity index (χ2v) is 3.93. The topological polar surface area (TPSA) is 205 Å². The molecule has 0 fully saturated rings. The highest BCUT2D eigenvalue weighted by molar-refractivity contribution is 7.45. The molecule has 102 valence electrons. The van der Waals surface area contributed by atoms with E-state index >= 15 is 0 Å². The second kappa shape index (κ2) is 8.90. The number of carbonyl (C=O) groups is 1.